The topological polar surface area (TPSA) is 9.23 Å². The first-order chi connectivity index (χ1) is 17.1. The second-order valence-electron chi connectivity index (χ2n) is 10.0. The van der Waals surface area contributed by atoms with E-state index in [9.17, 15) is 0 Å². The summed E-state index contributed by atoms with van der Waals surface area (Å²) in [5.41, 5.74) is 7.67. The summed E-state index contributed by atoms with van der Waals surface area (Å²) in [6, 6.07) is 35.7. The zero-order valence-corrected chi connectivity index (χ0v) is 20.2. The molecule has 0 saturated carbocycles. The number of benzene rings is 6. The maximum atomic E-state index is 6.66. The van der Waals surface area contributed by atoms with Gasteiger partial charge in [-0.15, -0.1) is 0 Å². The summed E-state index contributed by atoms with van der Waals surface area (Å²) in [5, 5.41) is 7.62. The van der Waals surface area contributed by atoms with Gasteiger partial charge in [0.05, 0.1) is 0 Å². The van der Waals surface area contributed by atoms with Gasteiger partial charge in [0.25, 0.3) is 0 Å². The molecule has 7 rings (SSSR count). The molecule has 35 heavy (non-hydrogen) atoms. The predicted molar refractivity (Wildman–Crippen MR) is 147 cm³/mol. The van der Waals surface area contributed by atoms with Crippen molar-refractivity contribution >= 4 is 32.3 Å². The molecule has 168 valence electrons. The van der Waals surface area contributed by atoms with Crippen LogP contribution in [-0.4, -0.2) is 0 Å². The predicted octanol–water partition coefficient (Wildman–Crippen LogP) is 9.36. The Balaban J connectivity index is 1.67. The Hall–Kier alpha value is -4.10. The molecule has 0 radical (unpaired) electrons. The maximum absolute atomic E-state index is 6.66. The molecule has 0 atom stereocenters. The zero-order chi connectivity index (χ0) is 23.7. The van der Waals surface area contributed by atoms with Crippen LogP contribution in [0.15, 0.2) is 97.1 Å². The van der Waals surface area contributed by atoms with E-state index in [-0.39, 0.29) is 5.92 Å². The van der Waals surface area contributed by atoms with Crippen LogP contribution >= 0.6 is 0 Å². The van der Waals surface area contributed by atoms with Gasteiger partial charge in [-0.2, -0.15) is 0 Å². The van der Waals surface area contributed by atoms with Crippen molar-refractivity contribution < 1.29 is 4.74 Å². The van der Waals surface area contributed by atoms with E-state index in [1.54, 1.807) is 0 Å². The minimum absolute atomic E-state index is 0.0650. The Bertz CT molecular complexity index is 1720. The number of ether oxygens (including phenoxy) is 1. The van der Waals surface area contributed by atoms with Crippen LogP contribution in [0.1, 0.15) is 39.3 Å². The minimum atomic E-state index is 0.0650. The summed E-state index contributed by atoms with van der Waals surface area (Å²) in [4.78, 5) is 0. The van der Waals surface area contributed by atoms with Crippen molar-refractivity contribution in [2.24, 2.45) is 0 Å². The Morgan fingerprint density at radius 3 is 1.49 bits per heavy atom. The molecule has 0 aromatic heterocycles. The van der Waals surface area contributed by atoms with E-state index in [1.165, 1.54) is 65.7 Å². The van der Waals surface area contributed by atoms with E-state index in [2.05, 4.69) is 118 Å². The molecule has 0 spiro atoms. The number of fused-ring (bicyclic) bond motifs is 7. The van der Waals surface area contributed by atoms with E-state index in [0.29, 0.717) is 0 Å². The van der Waals surface area contributed by atoms with Crippen molar-refractivity contribution in [2.75, 3.05) is 0 Å². The molecule has 0 bridgehead atoms. The van der Waals surface area contributed by atoms with Crippen LogP contribution in [0.4, 0.5) is 0 Å². The quantitative estimate of drug-likeness (QED) is 0.242. The van der Waals surface area contributed by atoms with Crippen LogP contribution in [0, 0.1) is 20.8 Å². The summed E-state index contributed by atoms with van der Waals surface area (Å²) in [7, 11) is 0. The van der Waals surface area contributed by atoms with Gasteiger partial charge in [-0.05, 0) is 70.8 Å². The smallest absolute Gasteiger partial charge is 0.132 e. The Morgan fingerprint density at radius 2 is 0.943 bits per heavy atom. The average Bonchev–Trinajstić information content (AvgIpc) is 2.86. The third-order valence-electron chi connectivity index (χ3n) is 7.54. The molecular formula is C34H26O. The highest BCUT2D eigenvalue weighted by Gasteiger charge is 2.33. The standard InChI is InChI=1S/C34H26O/c1-20-7-10-23-5-4-6-26(27(23)17-20)34-32-28-18-21(2)8-11-24(28)13-15-30(32)35-31-16-14-25-12-9-22(3)19-29(25)33(31)34/h4-19,34H,1-3H3. The fraction of sp³-hybridized carbons (Fsp3) is 0.118. The normalized spacial score (nSPS) is 13.1. The van der Waals surface area contributed by atoms with Gasteiger partial charge in [0.15, 0.2) is 0 Å². The van der Waals surface area contributed by atoms with Gasteiger partial charge in [-0.3, -0.25) is 0 Å². The van der Waals surface area contributed by atoms with E-state index < -0.39 is 0 Å². The van der Waals surface area contributed by atoms with Crippen LogP contribution in [-0.2, 0) is 0 Å². The molecule has 1 heterocycles. The summed E-state index contributed by atoms with van der Waals surface area (Å²) in [6.45, 7) is 6.52. The molecule has 1 aliphatic heterocycles. The molecule has 0 amide bonds. The van der Waals surface area contributed by atoms with E-state index in [4.69, 9.17) is 4.74 Å². The van der Waals surface area contributed by atoms with Crippen molar-refractivity contribution in [3.63, 3.8) is 0 Å². The highest BCUT2D eigenvalue weighted by atomic mass is 16.5. The lowest BCUT2D eigenvalue weighted by molar-refractivity contribution is 0.456. The van der Waals surface area contributed by atoms with Gasteiger partial charge in [0.1, 0.15) is 11.5 Å². The van der Waals surface area contributed by atoms with E-state index >= 15 is 0 Å². The van der Waals surface area contributed by atoms with Crippen molar-refractivity contribution in [3.05, 3.63) is 130 Å². The van der Waals surface area contributed by atoms with Crippen LogP contribution in [0.5, 0.6) is 11.5 Å². The first-order valence-corrected chi connectivity index (χ1v) is 12.3. The molecule has 0 N–H and O–H groups in total. The zero-order valence-electron chi connectivity index (χ0n) is 20.2. The lowest BCUT2D eigenvalue weighted by atomic mass is 9.76. The van der Waals surface area contributed by atoms with Crippen LogP contribution < -0.4 is 4.74 Å². The first kappa shape index (κ1) is 20.3. The van der Waals surface area contributed by atoms with E-state index in [0.717, 1.165) is 11.5 Å². The minimum Gasteiger partial charge on any atom is -0.457 e. The van der Waals surface area contributed by atoms with Crippen molar-refractivity contribution in [1.82, 2.24) is 0 Å². The van der Waals surface area contributed by atoms with Gasteiger partial charge in [0.2, 0.25) is 0 Å². The lowest BCUT2D eigenvalue weighted by Gasteiger charge is -2.32. The Labute approximate surface area is 205 Å². The monoisotopic (exact) mass is 450 g/mol. The van der Waals surface area contributed by atoms with Gasteiger partial charge in [-0.1, -0.05) is 102 Å². The fourth-order valence-corrected chi connectivity index (χ4v) is 5.88. The summed E-state index contributed by atoms with van der Waals surface area (Å²) < 4.78 is 6.66. The molecule has 6 aromatic rings. The highest BCUT2D eigenvalue weighted by Crippen LogP contribution is 2.53. The van der Waals surface area contributed by atoms with Crippen molar-refractivity contribution in [3.8, 4) is 11.5 Å². The van der Waals surface area contributed by atoms with Crippen LogP contribution in [0.25, 0.3) is 32.3 Å². The maximum Gasteiger partial charge on any atom is 0.132 e. The number of hydrogen-bond acceptors (Lipinski definition) is 1. The Morgan fingerprint density at radius 1 is 0.486 bits per heavy atom. The first-order valence-electron chi connectivity index (χ1n) is 12.3. The molecule has 1 heteroatoms. The summed E-state index contributed by atoms with van der Waals surface area (Å²) in [6.07, 6.45) is 0. The number of hydrogen-bond donors (Lipinski definition) is 0. The largest absolute Gasteiger partial charge is 0.457 e. The van der Waals surface area contributed by atoms with E-state index in [1.807, 2.05) is 0 Å². The highest BCUT2D eigenvalue weighted by molar-refractivity contribution is 5.98. The van der Waals surface area contributed by atoms with Gasteiger partial charge in [-0.25, -0.2) is 0 Å². The average molecular weight is 451 g/mol. The molecule has 0 unspecified atom stereocenters. The molecule has 1 nitrogen and oxygen atoms in total. The lowest BCUT2D eigenvalue weighted by Crippen LogP contribution is -2.13. The third kappa shape index (κ3) is 3.08. The van der Waals surface area contributed by atoms with Crippen LogP contribution in [0.3, 0.4) is 0 Å². The SMILES string of the molecule is Cc1ccc2cccc(C3c4c(ccc5ccc(C)cc45)Oc4ccc5ccc(C)cc5c43)c2c1. The van der Waals surface area contributed by atoms with Crippen LogP contribution in [0.2, 0.25) is 0 Å². The molecule has 0 fully saturated rings. The van der Waals surface area contributed by atoms with Gasteiger partial charge in [0, 0.05) is 17.0 Å². The molecule has 1 aliphatic rings. The number of aryl methyl sites for hydroxylation is 3. The summed E-state index contributed by atoms with van der Waals surface area (Å²) >= 11 is 0. The van der Waals surface area contributed by atoms with Crippen molar-refractivity contribution in [1.29, 1.82) is 0 Å². The molecule has 0 aliphatic carbocycles. The summed E-state index contributed by atoms with van der Waals surface area (Å²) in [5.74, 6) is 1.98. The molecular weight excluding hydrogens is 424 g/mol. The third-order valence-corrected chi connectivity index (χ3v) is 7.54. The molecule has 6 aromatic carbocycles. The second kappa shape index (κ2) is 7.45. The number of rotatable bonds is 1. The molecule has 0 saturated heterocycles. The second-order valence-corrected chi connectivity index (χ2v) is 10.0. The fourth-order valence-electron chi connectivity index (χ4n) is 5.88. The van der Waals surface area contributed by atoms with Gasteiger partial charge >= 0.3 is 0 Å². The Kier molecular flexibility index (Phi) is 4.32. The van der Waals surface area contributed by atoms with Gasteiger partial charge < -0.3 is 4.74 Å². The van der Waals surface area contributed by atoms with Crippen molar-refractivity contribution in [2.45, 2.75) is 26.7 Å².